The van der Waals surface area contributed by atoms with Gasteiger partial charge in [0.15, 0.2) is 0 Å². The first kappa shape index (κ1) is 10.5. The molecule has 0 aliphatic rings. The number of aromatic hydroxyl groups is 1. The molecule has 0 saturated heterocycles. The van der Waals surface area contributed by atoms with E-state index in [1.54, 1.807) is 25.2 Å². The molecule has 0 heterocycles. The minimum absolute atomic E-state index is 0.00144. The Hall–Kier alpha value is -0.580. The summed E-state index contributed by atoms with van der Waals surface area (Å²) < 4.78 is 0.874. The summed E-state index contributed by atoms with van der Waals surface area (Å²) in [6.07, 6.45) is 0. The molecule has 0 spiro atoms. The van der Waals surface area contributed by atoms with Crippen molar-refractivity contribution in [3.63, 3.8) is 0 Å². The smallest absolute Gasteiger partial charge is 0.115 e. The van der Waals surface area contributed by atoms with Gasteiger partial charge in [0.25, 0.3) is 0 Å². The van der Waals surface area contributed by atoms with Gasteiger partial charge in [0.1, 0.15) is 5.75 Å². The van der Waals surface area contributed by atoms with Crippen molar-refractivity contribution in [2.45, 2.75) is 6.04 Å². The molecule has 4 heteroatoms. The number of phenols is 1. The van der Waals surface area contributed by atoms with Gasteiger partial charge >= 0.3 is 0 Å². The van der Waals surface area contributed by atoms with Gasteiger partial charge in [-0.25, -0.2) is 0 Å². The Balaban J connectivity index is 3.03. The highest BCUT2D eigenvalue weighted by Crippen LogP contribution is 2.26. The van der Waals surface area contributed by atoms with E-state index in [0.717, 1.165) is 10.0 Å². The maximum absolute atomic E-state index is 9.25. The topological polar surface area (TPSA) is 52.5 Å². The molecule has 3 N–H and O–H groups in total. The zero-order chi connectivity index (χ0) is 9.84. The molecule has 0 aliphatic heterocycles. The summed E-state index contributed by atoms with van der Waals surface area (Å²) in [5.41, 5.74) is 0.852. The third-order valence-corrected chi connectivity index (χ3v) is 2.61. The molecule has 72 valence electrons. The zero-order valence-electron chi connectivity index (χ0n) is 7.29. The highest BCUT2D eigenvalue weighted by molar-refractivity contribution is 9.10. The number of nitrogens with one attached hydrogen (secondary N) is 1. The van der Waals surface area contributed by atoms with Crippen LogP contribution in [0.1, 0.15) is 11.6 Å². The lowest BCUT2D eigenvalue weighted by Crippen LogP contribution is -2.20. The molecule has 0 saturated carbocycles. The van der Waals surface area contributed by atoms with Crippen molar-refractivity contribution < 1.29 is 10.2 Å². The van der Waals surface area contributed by atoms with Crippen molar-refractivity contribution in [3.8, 4) is 5.75 Å². The quantitative estimate of drug-likeness (QED) is 0.755. The minimum Gasteiger partial charge on any atom is -0.508 e. The van der Waals surface area contributed by atoms with Gasteiger partial charge in [-0.15, -0.1) is 0 Å². The molecule has 0 bridgehead atoms. The Kier molecular flexibility index (Phi) is 3.71. The lowest BCUT2D eigenvalue weighted by molar-refractivity contribution is 0.250. The van der Waals surface area contributed by atoms with Gasteiger partial charge in [0, 0.05) is 4.47 Å². The standard InChI is InChI=1S/C9H12BrNO2/c1-11-9(5-12)7-4-6(13)2-3-8(7)10/h2-4,9,11-13H,5H2,1H3/t9-/m1/s1. The van der Waals surface area contributed by atoms with E-state index in [4.69, 9.17) is 5.11 Å². The number of aliphatic hydroxyl groups excluding tert-OH is 1. The van der Waals surface area contributed by atoms with Crippen LogP contribution in [0, 0.1) is 0 Å². The lowest BCUT2D eigenvalue weighted by atomic mass is 10.1. The van der Waals surface area contributed by atoms with Crippen molar-refractivity contribution in [3.05, 3.63) is 28.2 Å². The number of hydrogen-bond acceptors (Lipinski definition) is 3. The highest BCUT2D eigenvalue weighted by atomic mass is 79.9. The van der Waals surface area contributed by atoms with E-state index in [1.807, 2.05) is 0 Å². The number of halogens is 1. The molecule has 0 aromatic heterocycles. The van der Waals surface area contributed by atoms with Crippen LogP contribution >= 0.6 is 15.9 Å². The van der Waals surface area contributed by atoms with Gasteiger partial charge in [-0.05, 0) is 30.8 Å². The molecule has 0 amide bonds. The molecule has 1 aromatic rings. The molecule has 1 aromatic carbocycles. The van der Waals surface area contributed by atoms with Crippen molar-refractivity contribution in [1.82, 2.24) is 5.32 Å². The third kappa shape index (κ3) is 2.43. The number of benzene rings is 1. The maximum Gasteiger partial charge on any atom is 0.115 e. The zero-order valence-corrected chi connectivity index (χ0v) is 8.87. The fraction of sp³-hybridized carbons (Fsp3) is 0.333. The number of likely N-dealkylation sites (N-methyl/N-ethyl adjacent to an activating group) is 1. The van der Waals surface area contributed by atoms with E-state index in [2.05, 4.69) is 21.2 Å². The van der Waals surface area contributed by atoms with Crippen LogP contribution in [0.2, 0.25) is 0 Å². The first-order chi connectivity index (χ1) is 6.19. The second-order valence-corrected chi connectivity index (χ2v) is 3.58. The molecule has 13 heavy (non-hydrogen) atoms. The van der Waals surface area contributed by atoms with Crippen LogP contribution in [0.15, 0.2) is 22.7 Å². The predicted molar refractivity (Wildman–Crippen MR) is 54.7 cm³/mol. The summed E-state index contributed by atoms with van der Waals surface area (Å²) in [6.45, 7) is -0.00144. The van der Waals surface area contributed by atoms with Crippen LogP contribution in [0.25, 0.3) is 0 Å². The second-order valence-electron chi connectivity index (χ2n) is 2.73. The Labute approximate surface area is 85.5 Å². The molecule has 0 fully saturated rings. The lowest BCUT2D eigenvalue weighted by Gasteiger charge is -2.15. The Morgan fingerprint density at radius 2 is 2.23 bits per heavy atom. The normalized spacial score (nSPS) is 12.8. The van der Waals surface area contributed by atoms with E-state index >= 15 is 0 Å². The monoisotopic (exact) mass is 245 g/mol. The Morgan fingerprint density at radius 3 is 2.77 bits per heavy atom. The summed E-state index contributed by atoms with van der Waals surface area (Å²) in [5.74, 6) is 0.201. The SMILES string of the molecule is CN[C@H](CO)c1cc(O)ccc1Br. The molecular weight excluding hydrogens is 234 g/mol. The Morgan fingerprint density at radius 1 is 1.54 bits per heavy atom. The average Bonchev–Trinajstić information content (AvgIpc) is 2.13. The summed E-state index contributed by atoms with van der Waals surface area (Å²) in [7, 11) is 1.76. The van der Waals surface area contributed by atoms with E-state index in [0.29, 0.717) is 0 Å². The summed E-state index contributed by atoms with van der Waals surface area (Å²) >= 11 is 3.35. The van der Waals surface area contributed by atoms with E-state index in [-0.39, 0.29) is 18.4 Å². The van der Waals surface area contributed by atoms with Gasteiger partial charge in [-0.1, -0.05) is 15.9 Å². The van der Waals surface area contributed by atoms with E-state index in [1.165, 1.54) is 0 Å². The summed E-state index contributed by atoms with van der Waals surface area (Å²) in [6, 6.07) is 4.82. The van der Waals surface area contributed by atoms with Crippen molar-refractivity contribution in [2.24, 2.45) is 0 Å². The first-order valence-corrected chi connectivity index (χ1v) is 4.75. The highest BCUT2D eigenvalue weighted by Gasteiger charge is 2.11. The number of hydrogen-bond donors (Lipinski definition) is 3. The largest absolute Gasteiger partial charge is 0.508 e. The van der Waals surface area contributed by atoms with Gasteiger partial charge in [-0.3, -0.25) is 0 Å². The minimum atomic E-state index is -0.151. The van der Waals surface area contributed by atoms with E-state index < -0.39 is 0 Å². The number of aliphatic hydroxyl groups is 1. The van der Waals surface area contributed by atoms with Crippen molar-refractivity contribution in [1.29, 1.82) is 0 Å². The molecule has 0 aliphatic carbocycles. The third-order valence-electron chi connectivity index (χ3n) is 1.89. The van der Waals surface area contributed by atoms with Crippen molar-refractivity contribution in [2.75, 3.05) is 13.7 Å². The molecule has 3 nitrogen and oxygen atoms in total. The van der Waals surface area contributed by atoms with E-state index in [9.17, 15) is 5.11 Å². The molecular formula is C9H12BrNO2. The number of phenolic OH excluding ortho intramolecular Hbond substituents is 1. The Bertz CT molecular complexity index is 287. The fourth-order valence-corrected chi connectivity index (χ4v) is 1.67. The van der Waals surface area contributed by atoms with Crippen LogP contribution in [0.3, 0.4) is 0 Å². The summed E-state index contributed by atoms with van der Waals surface area (Å²) in [5, 5.41) is 21.2. The van der Waals surface area contributed by atoms with Crippen LogP contribution in [-0.4, -0.2) is 23.9 Å². The molecule has 1 atom stereocenters. The predicted octanol–water partition coefficient (Wildman–Crippen LogP) is 1.41. The van der Waals surface area contributed by atoms with Crippen LogP contribution in [0.5, 0.6) is 5.75 Å². The summed E-state index contributed by atoms with van der Waals surface area (Å²) in [4.78, 5) is 0. The second kappa shape index (κ2) is 4.60. The number of rotatable bonds is 3. The fourth-order valence-electron chi connectivity index (χ4n) is 1.14. The van der Waals surface area contributed by atoms with Crippen molar-refractivity contribution >= 4 is 15.9 Å². The van der Waals surface area contributed by atoms with Crippen LogP contribution in [0.4, 0.5) is 0 Å². The first-order valence-electron chi connectivity index (χ1n) is 3.95. The van der Waals surface area contributed by atoms with Crippen LogP contribution in [-0.2, 0) is 0 Å². The molecule has 0 unspecified atom stereocenters. The van der Waals surface area contributed by atoms with Gasteiger partial charge < -0.3 is 15.5 Å². The average molecular weight is 246 g/mol. The van der Waals surface area contributed by atoms with Gasteiger partial charge in [-0.2, -0.15) is 0 Å². The van der Waals surface area contributed by atoms with Gasteiger partial charge in [0.2, 0.25) is 0 Å². The maximum atomic E-state index is 9.25. The molecule has 0 radical (unpaired) electrons. The van der Waals surface area contributed by atoms with Gasteiger partial charge in [0.05, 0.1) is 12.6 Å². The van der Waals surface area contributed by atoms with Crippen LogP contribution < -0.4 is 5.32 Å². The molecule has 1 rings (SSSR count).